The van der Waals surface area contributed by atoms with Crippen LogP contribution in [0.5, 0.6) is 0 Å². The van der Waals surface area contributed by atoms with Crippen molar-refractivity contribution < 1.29 is 5.11 Å². The first kappa shape index (κ1) is 10.0. The van der Waals surface area contributed by atoms with Crippen LogP contribution in [-0.4, -0.2) is 11.2 Å². The van der Waals surface area contributed by atoms with Crippen molar-refractivity contribution in [3.8, 4) is 0 Å². The maximum Gasteiger partial charge on any atom is 0.0704 e. The van der Waals surface area contributed by atoms with Crippen LogP contribution in [0.15, 0.2) is 18.2 Å². The van der Waals surface area contributed by atoms with E-state index < -0.39 is 6.10 Å². The minimum atomic E-state index is -0.555. The van der Waals surface area contributed by atoms with E-state index in [4.69, 9.17) is 11.5 Å². The van der Waals surface area contributed by atoms with E-state index in [0.29, 0.717) is 5.69 Å². The Balaban J connectivity index is 3.07. The van der Waals surface area contributed by atoms with E-state index in [1.165, 1.54) is 0 Å². The lowest BCUT2D eigenvalue weighted by Gasteiger charge is -2.18. The predicted octanol–water partition coefficient (Wildman–Crippen LogP) is 0.958. The molecule has 0 amide bonds. The molecule has 0 saturated heterocycles. The number of nitrogen functional groups attached to an aromatic ring is 1. The van der Waals surface area contributed by atoms with Crippen LogP contribution in [0, 0.1) is 6.92 Å². The van der Waals surface area contributed by atoms with Gasteiger partial charge in [-0.05, 0) is 31.0 Å². The van der Waals surface area contributed by atoms with Gasteiger partial charge in [-0.25, -0.2) is 0 Å². The molecule has 1 aromatic carbocycles. The average molecular weight is 180 g/mol. The number of aliphatic hydroxyl groups is 1. The van der Waals surface area contributed by atoms with Crippen molar-refractivity contribution in [1.82, 2.24) is 0 Å². The van der Waals surface area contributed by atoms with Crippen molar-refractivity contribution in [3.63, 3.8) is 0 Å². The van der Waals surface area contributed by atoms with E-state index in [1.807, 2.05) is 25.1 Å². The summed E-state index contributed by atoms with van der Waals surface area (Å²) in [6.45, 7) is 3.58. The van der Waals surface area contributed by atoms with Crippen molar-refractivity contribution >= 4 is 5.69 Å². The SMILES string of the molecule is Cc1c(N)cccc1C(N)C(C)O. The molecule has 2 atom stereocenters. The topological polar surface area (TPSA) is 72.3 Å². The Bertz CT molecular complexity index is 297. The number of anilines is 1. The molecule has 0 aliphatic rings. The fraction of sp³-hybridized carbons (Fsp3) is 0.400. The molecule has 5 N–H and O–H groups in total. The fourth-order valence-electron chi connectivity index (χ4n) is 1.29. The number of rotatable bonds is 2. The molecule has 72 valence electrons. The zero-order chi connectivity index (χ0) is 10.0. The molecule has 1 rings (SSSR count). The molecular weight excluding hydrogens is 164 g/mol. The molecule has 2 unspecified atom stereocenters. The maximum absolute atomic E-state index is 9.32. The van der Waals surface area contributed by atoms with Gasteiger partial charge in [-0.1, -0.05) is 12.1 Å². The summed E-state index contributed by atoms with van der Waals surface area (Å²) in [7, 11) is 0. The van der Waals surface area contributed by atoms with Crippen LogP contribution in [-0.2, 0) is 0 Å². The summed E-state index contributed by atoms with van der Waals surface area (Å²) in [4.78, 5) is 0. The summed E-state index contributed by atoms with van der Waals surface area (Å²) in [6.07, 6.45) is -0.555. The highest BCUT2D eigenvalue weighted by Crippen LogP contribution is 2.22. The Labute approximate surface area is 78.4 Å². The first-order chi connectivity index (χ1) is 6.04. The van der Waals surface area contributed by atoms with Gasteiger partial charge in [0.25, 0.3) is 0 Å². The summed E-state index contributed by atoms with van der Waals surface area (Å²) < 4.78 is 0. The lowest BCUT2D eigenvalue weighted by molar-refractivity contribution is 0.164. The Morgan fingerprint density at radius 3 is 2.54 bits per heavy atom. The third-order valence-corrected chi connectivity index (χ3v) is 2.30. The number of benzene rings is 1. The molecular formula is C10H16N2O. The lowest BCUT2D eigenvalue weighted by Crippen LogP contribution is -2.24. The van der Waals surface area contributed by atoms with Crippen molar-refractivity contribution in [2.24, 2.45) is 5.73 Å². The van der Waals surface area contributed by atoms with Gasteiger partial charge < -0.3 is 16.6 Å². The van der Waals surface area contributed by atoms with Gasteiger partial charge >= 0.3 is 0 Å². The average Bonchev–Trinajstić information content (AvgIpc) is 2.08. The molecule has 0 bridgehead atoms. The minimum absolute atomic E-state index is 0.358. The number of nitrogens with two attached hydrogens (primary N) is 2. The van der Waals surface area contributed by atoms with Crippen molar-refractivity contribution in [3.05, 3.63) is 29.3 Å². The molecule has 0 fully saturated rings. The Morgan fingerprint density at radius 1 is 1.38 bits per heavy atom. The van der Waals surface area contributed by atoms with Crippen LogP contribution >= 0.6 is 0 Å². The summed E-state index contributed by atoms with van der Waals surface area (Å²) in [5.41, 5.74) is 14.1. The Kier molecular flexibility index (Phi) is 2.90. The highest BCUT2D eigenvalue weighted by Gasteiger charge is 2.14. The first-order valence-corrected chi connectivity index (χ1v) is 4.32. The third kappa shape index (κ3) is 1.99. The van der Waals surface area contributed by atoms with Crippen LogP contribution in [0.2, 0.25) is 0 Å². The standard InChI is InChI=1S/C10H16N2O/c1-6-8(10(12)7(2)13)4-3-5-9(6)11/h3-5,7,10,13H,11-12H2,1-2H3. The molecule has 0 heterocycles. The normalized spacial score (nSPS) is 15.4. The fourth-order valence-corrected chi connectivity index (χ4v) is 1.29. The molecule has 0 spiro atoms. The quantitative estimate of drug-likeness (QED) is 0.593. The Hall–Kier alpha value is -1.06. The monoisotopic (exact) mass is 180 g/mol. The molecule has 1 aromatic rings. The summed E-state index contributed by atoms with van der Waals surface area (Å²) in [6, 6.07) is 5.21. The molecule has 0 aromatic heterocycles. The summed E-state index contributed by atoms with van der Waals surface area (Å²) in [5.74, 6) is 0. The smallest absolute Gasteiger partial charge is 0.0704 e. The second-order valence-corrected chi connectivity index (χ2v) is 3.33. The van der Waals surface area contributed by atoms with E-state index in [1.54, 1.807) is 6.92 Å². The highest BCUT2D eigenvalue weighted by atomic mass is 16.3. The molecule has 3 heteroatoms. The first-order valence-electron chi connectivity index (χ1n) is 4.32. The van der Waals surface area contributed by atoms with Crippen molar-refractivity contribution in [2.45, 2.75) is 26.0 Å². The van der Waals surface area contributed by atoms with Crippen LogP contribution in [0.3, 0.4) is 0 Å². The molecule has 13 heavy (non-hydrogen) atoms. The largest absolute Gasteiger partial charge is 0.399 e. The van der Waals surface area contributed by atoms with Gasteiger partial charge in [0.05, 0.1) is 12.1 Å². The van der Waals surface area contributed by atoms with Crippen molar-refractivity contribution in [1.29, 1.82) is 0 Å². The molecule has 0 aliphatic carbocycles. The number of hydrogen-bond acceptors (Lipinski definition) is 3. The van der Waals surface area contributed by atoms with Gasteiger partial charge in [0.1, 0.15) is 0 Å². The molecule has 0 radical (unpaired) electrons. The van der Waals surface area contributed by atoms with E-state index in [0.717, 1.165) is 11.1 Å². The van der Waals surface area contributed by atoms with E-state index >= 15 is 0 Å². The van der Waals surface area contributed by atoms with Gasteiger partial charge in [0.15, 0.2) is 0 Å². The van der Waals surface area contributed by atoms with Gasteiger partial charge in [0, 0.05) is 5.69 Å². The van der Waals surface area contributed by atoms with Crippen molar-refractivity contribution in [2.75, 3.05) is 5.73 Å². The van der Waals surface area contributed by atoms with E-state index in [9.17, 15) is 5.11 Å². The molecule has 0 saturated carbocycles. The van der Waals surface area contributed by atoms with Crippen LogP contribution in [0.25, 0.3) is 0 Å². The Morgan fingerprint density at radius 2 is 2.00 bits per heavy atom. The maximum atomic E-state index is 9.32. The highest BCUT2D eigenvalue weighted by molar-refractivity contribution is 5.51. The summed E-state index contributed by atoms with van der Waals surface area (Å²) in [5, 5.41) is 9.32. The number of hydrogen-bond donors (Lipinski definition) is 3. The summed E-state index contributed by atoms with van der Waals surface area (Å²) >= 11 is 0. The second-order valence-electron chi connectivity index (χ2n) is 3.33. The van der Waals surface area contributed by atoms with E-state index in [2.05, 4.69) is 0 Å². The number of aliphatic hydroxyl groups excluding tert-OH is 1. The minimum Gasteiger partial charge on any atom is -0.399 e. The predicted molar refractivity (Wildman–Crippen MR) is 54.2 cm³/mol. The van der Waals surface area contributed by atoms with Crippen LogP contribution in [0.4, 0.5) is 5.69 Å². The third-order valence-electron chi connectivity index (χ3n) is 2.30. The second kappa shape index (κ2) is 3.77. The van der Waals surface area contributed by atoms with Gasteiger partial charge in [-0.2, -0.15) is 0 Å². The van der Waals surface area contributed by atoms with Crippen LogP contribution in [0.1, 0.15) is 24.1 Å². The van der Waals surface area contributed by atoms with Gasteiger partial charge in [0.2, 0.25) is 0 Å². The van der Waals surface area contributed by atoms with E-state index in [-0.39, 0.29) is 6.04 Å². The lowest BCUT2D eigenvalue weighted by atomic mass is 9.97. The molecule has 0 aliphatic heterocycles. The zero-order valence-corrected chi connectivity index (χ0v) is 7.99. The zero-order valence-electron chi connectivity index (χ0n) is 7.99. The van der Waals surface area contributed by atoms with Gasteiger partial charge in [-0.15, -0.1) is 0 Å². The molecule has 3 nitrogen and oxygen atoms in total. The van der Waals surface area contributed by atoms with Crippen LogP contribution < -0.4 is 11.5 Å². The van der Waals surface area contributed by atoms with Gasteiger partial charge in [-0.3, -0.25) is 0 Å².